The Bertz CT molecular complexity index is 495. The molecule has 0 aliphatic carbocycles. The van der Waals surface area contributed by atoms with E-state index in [4.69, 9.17) is 10.7 Å². The topological polar surface area (TPSA) is 81.1 Å². The van der Waals surface area contributed by atoms with Gasteiger partial charge in [-0.2, -0.15) is 0 Å². The fraction of sp³-hybridized carbons (Fsp3) is 0.556. The molecule has 0 saturated carbocycles. The Balaban J connectivity index is 2.54. The predicted molar refractivity (Wildman–Crippen MR) is 63.2 cm³/mol. The Morgan fingerprint density at radius 3 is 2.71 bits per heavy atom. The van der Waals surface area contributed by atoms with Crippen molar-refractivity contribution in [1.82, 2.24) is 14.9 Å². The normalized spacial score (nSPS) is 11.8. The molecule has 6 nitrogen and oxygen atoms in total. The SMILES string of the molecule is CC(C)NC(=O)CCn1cnc(S(=O)(=O)Cl)c1. The van der Waals surface area contributed by atoms with Crippen molar-refractivity contribution < 1.29 is 13.2 Å². The number of rotatable bonds is 5. The first-order valence-electron chi connectivity index (χ1n) is 5.05. The molecule has 1 aromatic heterocycles. The van der Waals surface area contributed by atoms with Crippen LogP contribution in [0.4, 0.5) is 0 Å². The Morgan fingerprint density at radius 2 is 2.24 bits per heavy atom. The standard InChI is InChI=1S/C9H14ClN3O3S/c1-7(2)12-8(14)3-4-13-5-9(11-6-13)17(10,15)16/h5-7H,3-4H2,1-2H3,(H,12,14). The van der Waals surface area contributed by atoms with Crippen LogP contribution in [0.25, 0.3) is 0 Å². The minimum Gasteiger partial charge on any atom is -0.354 e. The van der Waals surface area contributed by atoms with Crippen molar-refractivity contribution in [2.75, 3.05) is 0 Å². The largest absolute Gasteiger partial charge is 0.354 e. The number of hydrogen-bond acceptors (Lipinski definition) is 4. The van der Waals surface area contributed by atoms with Crippen LogP contribution in [0, 0.1) is 0 Å². The minimum absolute atomic E-state index is 0.0871. The van der Waals surface area contributed by atoms with E-state index < -0.39 is 9.05 Å². The van der Waals surface area contributed by atoms with Crippen LogP contribution >= 0.6 is 10.7 Å². The average molecular weight is 280 g/mol. The van der Waals surface area contributed by atoms with Gasteiger partial charge >= 0.3 is 0 Å². The number of amides is 1. The van der Waals surface area contributed by atoms with Gasteiger partial charge in [-0.3, -0.25) is 4.79 Å². The smallest absolute Gasteiger partial charge is 0.280 e. The molecule has 0 aliphatic rings. The van der Waals surface area contributed by atoms with Crippen molar-refractivity contribution in [1.29, 1.82) is 0 Å². The van der Waals surface area contributed by atoms with Gasteiger partial charge in [0.15, 0.2) is 5.03 Å². The monoisotopic (exact) mass is 279 g/mol. The molecule has 0 saturated heterocycles. The van der Waals surface area contributed by atoms with E-state index in [1.807, 2.05) is 13.8 Å². The van der Waals surface area contributed by atoms with Crippen molar-refractivity contribution in [3.8, 4) is 0 Å². The van der Waals surface area contributed by atoms with Gasteiger partial charge in [0, 0.05) is 35.9 Å². The molecule has 0 aliphatic heterocycles. The highest BCUT2D eigenvalue weighted by atomic mass is 35.7. The molecule has 17 heavy (non-hydrogen) atoms. The van der Waals surface area contributed by atoms with Crippen molar-refractivity contribution in [3.05, 3.63) is 12.5 Å². The van der Waals surface area contributed by atoms with Gasteiger partial charge in [-0.1, -0.05) is 0 Å². The van der Waals surface area contributed by atoms with E-state index in [1.54, 1.807) is 0 Å². The molecule has 8 heteroatoms. The molecule has 1 amide bonds. The fourth-order valence-corrected chi connectivity index (χ4v) is 1.89. The molecule has 1 aromatic rings. The quantitative estimate of drug-likeness (QED) is 0.806. The van der Waals surface area contributed by atoms with Gasteiger partial charge in [0.2, 0.25) is 5.91 Å². The van der Waals surface area contributed by atoms with Crippen LogP contribution < -0.4 is 5.32 Å². The zero-order valence-electron chi connectivity index (χ0n) is 9.55. The number of aryl methyl sites for hydroxylation is 1. The molecule has 0 radical (unpaired) electrons. The molecule has 0 atom stereocenters. The summed E-state index contributed by atoms with van der Waals surface area (Å²) in [5.74, 6) is -0.0935. The van der Waals surface area contributed by atoms with Crippen LogP contribution in [0.3, 0.4) is 0 Å². The van der Waals surface area contributed by atoms with E-state index in [9.17, 15) is 13.2 Å². The summed E-state index contributed by atoms with van der Waals surface area (Å²) in [6.07, 6.45) is 2.89. The molecular weight excluding hydrogens is 266 g/mol. The molecule has 0 unspecified atom stereocenters. The number of carbonyl (C=O) groups excluding carboxylic acids is 1. The molecule has 1 rings (SSSR count). The van der Waals surface area contributed by atoms with E-state index >= 15 is 0 Å². The van der Waals surface area contributed by atoms with Gasteiger partial charge in [0.1, 0.15) is 0 Å². The second kappa shape index (κ2) is 5.50. The number of aromatic nitrogens is 2. The number of imidazole rings is 1. The first-order valence-corrected chi connectivity index (χ1v) is 7.36. The maximum atomic E-state index is 11.3. The molecule has 0 fully saturated rings. The van der Waals surface area contributed by atoms with Gasteiger partial charge in [0.25, 0.3) is 9.05 Å². The average Bonchev–Trinajstić information content (AvgIpc) is 2.61. The highest BCUT2D eigenvalue weighted by Crippen LogP contribution is 2.11. The van der Waals surface area contributed by atoms with Crippen LogP contribution in [0.1, 0.15) is 20.3 Å². The maximum absolute atomic E-state index is 11.3. The number of hydrogen-bond donors (Lipinski definition) is 1. The zero-order valence-corrected chi connectivity index (χ0v) is 11.1. The number of nitrogens with one attached hydrogen (secondary N) is 1. The Kier molecular flexibility index (Phi) is 4.53. The summed E-state index contributed by atoms with van der Waals surface area (Å²) in [7, 11) is 1.32. The summed E-state index contributed by atoms with van der Waals surface area (Å²) in [5.41, 5.74) is 0. The summed E-state index contributed by atoms with van der Waals surface area (Å²) in [4.78, 5) is 15.0. The number of carbonyl (C=O) groups is 1. The molecule has 0 spiro atoms. The van der Waals surface area contributed by atoms with Crippen LogP contribution in [0.2, 0.25) is 0 Å². The first kappa shape index (κ1) is 14.0. The lowest BCUT2D eigenvalue weighted by Crippen LogP contribution is -2.30. The number of halogens is 1. The third-order valence-electron chi connectivity index (χ3n) is 1.91. The van der Waals surface area contributed by atoms with Gasteiger partial charge in [-0.05, 0) is 13.8 Å². The van der Waals surface area contributed by atoms with Crippen molar-refractivity contribution in [2.24, 2.45) is 0 Å². The summed E-state index contributed by atoms with van der Waals surface area (Å²) in [6, 6.07) is 0.0871. The van der Waals surface area contributed by atoms with E-state index in [0.29, 0.717) is 6.54 Å². The lowest BCUT2D eigenvalue weighted by atomic mass is 10.3. The molecule has 0 aromatic carbocycles. The summed E-state index contributed by atoms with van der Waals surface area (Å²) in [5, 5.41) is 2.53. The highest BCUT2D eigenvalue weighted by molar-refractivity contribution is 8.13. The molecule has 96 valence electrons. The maximum Gasteiger partial charge on any atom is 0.280 e. The van der Waals surface area contributed by atoms with Crippen molar-refractivity contribution in [2.45, 2.75) is 37.9 Å². The van der Waals surface area contributed by atoms with E-state index in [0.717, 1.165) is 0 Å². The van der Waals surface area contributed by atoms with Gasteiger partial charge < -0.3 is 9.88 Å². The van der Waals surface area contributed by atoms with Crippen LogP contribution in [0.5, 0.6) is 0 Å². The van der Waals surface area contributed by atoms with Crippen molar-refractivity contribution >= 4 is 25.6 Å². The van der Waals surface area contributed by atoms with Gasteiger partial charge in [-0.25, -0.2) is 13.4 Å². The molecule has 0 bridgehead atoms. The van der Waals surface area contributed by atoms with Gasteiger partial charge in [0.05, 0.1) is 6.33 Å². The fourth-order valence-electron chi connectivity index (χ4n) is 1.21. The van der Waals surface area contributed by atoms with E-state index in [-0.39, 0.29) is 23.4 Å². The lowest BCUT2D eigenvalue weighted by Gasteiger charge is -2.07. The second-order valence-corrected chi connectivity index (χ2v) is 6.37. The predicted octanol–water partition coefficient (Wildman–Crippen LogP) is 0.725. The van der Waals surface area contributed by atoms with Crippen LogP contribution in [0.15, 0.2) is 17.6 Å². The van der Waals surface area contributed by atoms with Crippen molar-refractivity contribution in [3.63, 3.8) is 0 Å². The second-order valence-electron chi connectivity index (χ2n) is 3.86. The van der Waals surface area contributed by atoms with Crippen LogP contribution in [-0.2, 0) is 20.4 Å². The summed E-state index contributed by atoms with van der Waals surface area (Å²) < 4.78 is 23.4. The van der Waals surface area contributed by atoms with Crippen LogP contribution in [-0.4, -0.2) is 29.9 Å². The van der Waals surface area contributed by atoms with E-state index in [1.165, 1.54) is 17.1 Å². The molecular formula is C9H14ClN3O3S. The third-order valence-corrected chi connectivity index (χ3v) is 3.09. The summed E-state index contributed by atoms with van der Waals surface area (Å²) >= 11 is 0. The highest BCUT2D eigenvalue weighted by Gasteiger charge is 2.13. The third kappa shape index (κ3) is 4.74. The minimum atomic E-state index is -3.80. The summed E-state index contributed by atoms with van der Waals surface area (Å²) in [6.45, 7) is 4.10. The van der Waals surface area contributed by atoms with Gasteiger partial charge in [-0.15, -0.1) is 0 Å². The number of nitrogens with zero attached hydrogens (tertiary/aromatic N) is 2. The Hall–Kier alpha value is -1.08. The Morgan fingerprint density at radius 1 is 1.59 bits per heavy atom. The zero-order chi connectivity index (χ0) is 13.1. The molecule has 1 heterocycles. The Labute approximate surface area is 104 Å². The molecule has 1 N–H and O–H groups in total. The van der Waals surface area contributed by atoms with E-state index in [2.05, 4.69) is 10.3 Å². The first-order chi connectivity index (χ1) is 7.79. The lowest BCUT2D eigenvalue weighted by molar-refractivity contribution is -0.121.